The molecule has 0 saturated carbocycles. The number of thiazole rings is 1. The van der Waals surface area contributed by atoms with Crippen LogP contribution < -0.4 is 10.6 Å². The van der Waals surface area contributed by atoms with E-state index in [2.05, 4.69) is 31.5 Å². The van der Waals surface area contributed by atoms with Crippen molar-refractivity contribution in [3.8, 4) is 0 Å². The molecule has 0 aliphatic rings. The Hall–Kier alpha value is -2.39. The molecule has 32 heavy (non-hydrogen) atoms. The lowest BCUT2D eigenvalue weighted by atomic mass is 10.2. The molecule has 2 N–H and O–H groups in total. The topological polar surface area (TPSA) is 71.1 Å². The van der Waals surface area contributed by atoms with E-state index >= 15 is 0 Å². The molecule has 3 aromatic carbocycles. The minimum Gasteiger partial charge on any atom is -0.325 e. The smallest absolute Gasteiger partial charge is 0.255 e. The number of nitrogens with zero attached hydrogens (tertiary/aromatic N) is 1. The molecule has 5 nitrogen and oxygen atoms in total. The second kappa shape index (κ2) is 10.0. The number of carbonyl (C=O) groups excluding carboxylic acids is 2. The van der Waals surface area contributed by atoms with Crippen molar-refractivity contribution >= 4 is 84.0 Å². The van der Waals surface area contributed by atoms with Gasteiger partial charge in [-0.25, -0.2) is 4.98 Å². The molecule has 9 heteroatoms. The summed E-state index contributed by atoms with van der Waals surface area (Å²) in [6, 6.07) is 18.2. The van der Waals surface area contributed by atoms with E-state index < -0.39 is 0 Å². The summed E-state index contributed by atoms with van der Waals surface area (Å²) in [7, 11) is 0. The third-order valence-electron chi connectivity index (χ3n) is 4.52. The number of benzene rings is 3. The largest absolute Gasteiger partial charge is 0.325 e. The third-order valence-corrected chi connectivity index (χ3v) is 7.61. The lowest BCUT2D eigenvalue weighted by molar-refractivity contribution is -0.113. The van der Waals surface area contributed by atoms with E-state index in [-0.39, 0.29) is 17.6 Å². The van der Waals surface area contributed by atoms with Gasteiger partial charge in [-0.3, -0.25) is 9.59 Å². The number of aromatic nitrogens is 1. The van der Waals surface area contributed by atoms with Crippen molar-refractivity contribution < 1.29 is 9.59 Å². The molecule has 1 heterocycles. The first kappa shape index (κ1) is 22.8. The number of fused-ring (bicyclic) bond motifs is 1. The van der Waals surface area contributed by atoms with E-state index in [1.54, 1.807) is 18.2 Å². The predicted octanol–water partition coefficient (Wildman–Crippen LogP) is 7.00. The number of hydrogen-bond donors (Lipinski definition) is 2. The molecule has 0 atom stereocenters. The van der Waals surface area contributed by atoms with Crippen molar-refractivity contribution in [3.05, 3.63) is 81.3 Å². The number of aryl methyl sites for hydroxylation is 1. The van der Waals surface area contributed by atoms with Crippen LogP contribution in [0.3, 0.4) is 0 Å². The summed E-state index contributed by atoms with van der Waals surface area (Å²) in [5.41, 5.74) is 3.72. The van der Waals surface area contributed by atoms with Crippen LogP contribution in [0.1, 0.15) is 15.9 Å². The Morgan fingerprint density at radius 1 is 1.03 bits per heavy atom. The molecular formula is C23H17BrClN3O2S2. The van der Waals surface area contributed by atoms with E-state index in [0.717, 1.165) is 24.6 Å². The molecule has 4 rings (SSSR count). The van der Waals surface area contributed by atoms with Crippen molar-refractivity contribution in [2.45, 2.75) is 11.3 Å². The van der Waals surface area contributed by atoms with E-state index in [1.807, 2.05) is 49.4 Å². The highest BCUT2D eigenvalue weighted by molar-refractivity contribution is 9.10. The lowest BCUT2D eigenvalue weighted by Crippen LogP contribution is -2.13. The van der Waals surface area contributed by atoms with E-state index in [0.29, 0.717) is 22.0 Å². The first-order chi connectivity index (χ1) is 15.4. The maximum atomic E-state index is 12.4. The van der Waals surface area contributed by atoms with Crippen molar-refractivity contribution in [3.63, 3.8) is 0 Å². The van der Waals surface area contributed by atoms with Gasteiger partial charge >= 0.3 is 0 Å². The summed E-state index contributed by atoms with van der Waals surface area (Å²) in [6.45, 7) is 1.91. The van der Waals surface area contributed by atoms with Crippen LogP contribution in [0.15, 0.2) is 69.5 Å². The second-order valence-electron chi connectivity index (χ2n) is 6.92. The summed E-state index contributed by atoms with van der Waals surface area (Å²) >= 11 is 12.3. The van der Waals surface area contributed by atoms with Gasteiger partial charge in [0.15, 0.2) is 4.34 Å². The van der Waals surface area contributed by atoms with Crippen LogP contribution in [0.4, 0.5) is 11.4 Å². The van der Waals surface area contributed by atoms with E-state index in [4.69, 9.17) is 11.6 Å². The number of anilines is 2. The number of nitrogens with one attached hydrogen (secondary N) is 2. The average Bonchev–Trinajstić information content (AvgIpc) is 3.17. The Balaban J connectivity index is 1.38. The van der Waals surface area contributed by atoms with Crippen LogP contribution in [0.5, 0.6) is 0 Å². The molecule has 0 radical (unpaired) electrons. The van der Waals surface area contributed by atoms with Crippen LogP contribution in [-0.4, -0.2) is 22.6 Å². The average molecular weight is 547 g/mol. The van der Waals surface area contributed by atoms with Gasteiger partial charge in [0, 0.05) is 26.4 Å². The number of rotatable bonds is 6. The Labute approximate surface area is 206 Å². The molecule has 0 aliphatic heterocycles. The van der Waals surface area contributed by atoms with Crippen LogP contribution in [0, 0.1) is 6.92 Å². The minimum absolute atomic E-state index is 0.128. The van der Waals surface area contributed by atoms with Gasteiger partial charge in [0.05, 0.1) is 16.0 Å². The Bertz CT molecular complexity index is 1310. The summed E-state index contributed by atoms with van der Waals surface area (Å²) in [5.74, 6) is -0.0705. The van der Waals surface area contributed by atoms with Crippen molar-refractivity contribution in [1.82, 2.24) is 4.98 Å². The molecule has 0 spiro atoms. The fourth-order valence-corrected chi connectivity index (χ4v) is 5.20. The normalized spacial score (nSPS) is 10.8. The summed E-state index contributed by atoms with van der Waals surface area (Å²) < 4.78 is 2.64. The summed E-state index contributed by atoms with van der Waals surface area (Å²) in [4.78, 5) is 29.3. The highest BCUT2D eigenvalue weighted by atomic mass is 79.9. The molecule has 0 fully saturated rings. The summed E-state index contributed by atoms with van der Waals surface area (Å²) in [5, 5.41) is 6.37. The number of amides is 2. The SMILES string of the molecule is Cc1ccc(NC(=O)CSc2nc3ccc(NC(=O)c4ccc(Br)cc4)cc3s2)cc1Cl. The van der Waals surface area contributed by atoms with E-state index in [9.17, 15) is 9.59 Å². The molecule has 0 bridgehead atoms. The Morgan fingerprint density at radius 2 is 1.75 bits per heavy atom. The Morgan fingerprint density at radius 3 is 2.50 bits per heavy atom. The molecular weight excluding hydrogens is 530 g/mol. The van der Waals surface area contributed by atoms with Crippen LogP contribution >= 0.6 is 50.6 Å². The second-order valence-corrected chi connectivity index (χ2v) is 10.5. The van der Waals surface area contributed by atoms with Gasteiger partial charge in [-0.05, 0) is 67.1 Å². The van der Waals surface area contributed by atoms with Gasteiger partial charge in [-0.15, -0.1) is 11.3 Å². The quantitative estimate of drug-likeness (QED) is 0.255. The minimum atomic E-state index is -0.177. The molecule has 1 aromatic heterocycles. The number of halogens is 2. The first-order valence-corrected chi connectivity index (χ1v) is 12.5. The van der Waals surface area contributed by atoms with Crippen molar-refractivity contribution in [1.29, 1.82) is 0 Å². The van der Waals surface area contributed by atoms with Crippen molar-refractivity contribution in [2.75, 3.05) is 16.4 Å². The van der Waals surface area contributed by atoms with Gasteiger partial charge in [0.25, 0.3) is 5.91 Å². The van der Waals surface area contributed by atoms with Gasteiger partial charge in [-0.2, -0.15) is 0 Å². The van der Waals surface area contributed by atoms with Crippen LogP contribution in [0.2, 0.25) is 5.02 Å². The highest BCUT2D eigenvalue weighted by Gasteiger charge is 2.11. The molecule has 0 aliphatic carbocycles. The van der Waals surface area contributed by atoms with Gasteiger partial charge in [-0.1, -0.05) is 45.4 Å². The predicted molar refractivity (Wildman–Crippen MR) is 137 cm³/mol. The number of hydrogen-bond acceptors (Lipinski definition) is 5. The Kier molecular flexibility index (Phi) is 7.15. The lowest BCUT2D eigenvalue weighted by Gasteiger charge is -2.06. The first-order valence-electron chi connectivity index (χ1n) is 9.54. The zero-order chi connectivity index (χ0) is 22.7. The molecule has 4 aromatic rings. The molecule has 162 valence electrons. The highest BCUT2D eigenvalue weighted by Crippen LogP contribution is 2.31. The maximum Gasteiger partial charge on any atom is 0.255 e. The number of carbonyl (C=O) groups is 2. The monoisotopic (exact) mass is 545 g/mol. The van der Waals surface area contributed by atoms with Crippen molar-refractivity contribution in [2.24, 2.45) is 0 Å². The fourth-order valence-electron chi connectivity index (χ4n) is 2.84. The standard InChI is InChI=1S/C23H17BrClN3O2S2/c1-13-2-7-16(10-18(13)25)26-21(29)12-31-23-28-19-9-8-17(11-20(19)32-23)27-22(30)14-3-5-15(24)6-4-14/h2-11H,12H2,1H3,(H,26,29)(H,27,30). The number of thioether (sulfide) groups is 1. The fraction of sp³-hybridized carbons (Fsp3) is 0.0870. The molecule has 0 unspecified atom stereocenters. The third kappa shape index (κ3) is 5.69. The van der Waals surface area contributed by atoms with Crippen LogP contribution in [-0.2, 0) is 4.79 Å². The summed E-state index contributed by atoms with van der Waals surface area (Å²) in [6.07, 6.45) is 0. The maximum absolute atomic E-state index is 12.4. The van der Waals surface area contributed by atoms with Crippen LogP contribution in [0.25, 0.3) is 10.2 Å². The molecule has 2 amide bonds. The zero-order valence-electron chi connectivity index (χ0n) is 16.8. The van der Waals surface area contributed by atoms with E-state index in [1.165, 1.54) is 23.1 Å². The molecule has 0 saturated heterocycles. The zero-order valence-corrected chi connectivity index (χ0v) is 20.8. The van der Waals surface area contributed by atoms with Gasteiger partial charge in [0.2, 0.25) is 5.91 Å². The van der Waals surface area contributed by atoms with Gasteiger partial charge in [0.1, 0.15) is 0 Å². The van der Waals surface area contributed by atoms with Gasteiger partial charge < -0.3 is 10.6 Å².